The minimum atomic E-state index is -0.190. The van der Waals surface area contributed by atoms with Gasteiger partial charge in [-0.1, -0.05) is 27.7 Å². The first-order chi connectivity index (χ1) is 8.90. The number of nitrogens with two attached hydrogens (primary N) is 1. The summed E-state index contributed by atoms with van der Waals surface area (Å²) in [5.74, 6) is 0.326. The summed E-state index contributed by atoms with van der Waals surface area (Å²) >= 11 is 1.98. The maximum absolute atomic E-state index is 13.8. The lowest BCUT2D eigenvalue weighted by molar-refractivity contribution is 0.506. The number of anilines is 2. The third-order valence-corrected chi connectivity index (χ3v) is 4.15. The van der Waals surface area contributed by atoms with E-state index in [1.54, 1.807) is 12.1 Å². The lowest BCUT2D eigenvalue weighted by Gasteiger charge is -2.35. The molecule has 0 aliphatic carbocycles. The molecule has 108 valence electrons. The number of hydrogen-bond donors (Lipinski definition) is 1. The first-order valence-corrected chi connectivity index (χ1v) is 7.99. The molecule has 0 aromatic heterocycles. The fourth-order valence-electron chi connectivity index (χ4n) is 2.37. The molecule has 2 N–H and O–H groups in total. The van der Waals surface area contributed by atoms with Crippen molar-refractivity contribution in [1.29, 1.82) is 0 Å². The predicted octanol–water partition coefficient (Wildman–Crippen LogP) is 4.66. The monoisotopic (exact) mass is 378 g/mol. The van der Waals surface area contributed by atoms with Crippen molar-refractivity contribution in [2.75, 3.05) is 17.2 Å². The number of rotatable bonds is 6. The summed E-state index contributed by atoms with van der Waals surface area (Å²) in [4.78, 5) is 2.26. The highest BCUT2D eigenvalue weighted by atomic mass is 127. The molecule has 0 spiro atoms. The van der Waals surface area contributed by atoms with Crippen molar-refractivity contribution in [1.82, 2.24) is 0 Å². The van der Waals surface area contributed by atoms with E-state index >= 15 is 0 Å². The normalized spacial score (nSPS) is 11.4. The van der Waals surface area contributed by atoms with Crippen LogP contribution in [0, 0.1) is 15.3 Å². The van der Waals surface area contributed by atoms with Crippen LogP contribution >= 0.6 is 22.6 Å². The van der Waals surface area contributed by atoms with Crippen molar-refractivity contribution < 1.29 is 4.39 Å². The van der Waals surface area contributed by atoms with Crippen LogP contribution in [-0.2, 0) is 0 Å². The van der Waals surface area contributed by atoms with Crippen molar-refractivity contribution in [2.45, 2.75) is 46.6 Å². The predicted molar refractivity (Wildman–Crippen MR) is 90.1 cm³/mol. The van der Waals surface area contributed by atoms with Crippen LogP contribution < -0.4 is 10.6 Å². The Balaban J connectivity index is 3.20. The van der Waals surface area contributed by atoms with E-state index in [1.165, 1.54) is 0 Å². The average Bonchev–Trinajstić information content (AvgIpc) is 2.33. The van der Waals surface area contributed by atoms with Gasteiger partial charge in [0.1, 0.15) is 5.82 Å². The Labute approximate surface area is 129 Å². The van der Waals surface area contributed by atoms with Crippen LogP contribution in [0.5, 0.6) is 0 Å². The molecule has 0 fully saturated rings. The van der Waals surface area contributed by atoms with Gasteiger partial charge in [0.2, 0.25) is 0 Å². The number of nitrogens with zero attached hydrogens (tertiary/aromatic N) is 1. The Morgan fingerprint density at radius 2 is 1.84 bits per heavy atom. The molecule has 0 amide bonds. The van der Waals surface area contributed by atoms with Crippen molar-refractivity contribution in [3.8, 4) is 0 Å². The summed E-state index contributed by atoms with van der Waals surface area (Å²) in [7, 11) is 0. The van der Waals surface area contributed by atoms with E-state index in [9.17, 15) is 4.39 Å². The van der Waals surface area contributed by atoms with Gasteiger partial charge in [0.05, 0.1) is 14.9 Å². The summed E-state index contributed by atoms with van der Waals surface area (Å²) in [6.45, 7) is 9.58. The molecule has 1 aromatic carbocycles. The zero-order valence-electron chi connectivity index (χ0n) is 12.2. The molecular formula is C15H24FIN2. The quantitative estimate of drug-likeness (QED) is 0.576. The molecule has 0 bridgehead atoms. The maximum atomic E-state index is 13.8. The number of halogens is 2. The molecular weight excluding hydrogens is 354 g/mol. The Bertz CT molecular complexity index is 417. The van der Waals surface area contributed by atoms with E-state index in [0.717, 1.165) is 25.1 Å². The van der Waals surface area contributed by atoms with Crippen LogP contribution in [0.3, 0.4) is 0 Å². The average molecular weight is 378 g/mol. The molecule has 4 heteroatoms. The molecule has 0 aliphatic rings. The topological polar surface area (TPSA) is 29.3 Å². The van der Waals surface area contributed by atoms with Gasteiger partial charge >= 0.3 is 0 Å². The van der Waals surface area contributed by atoms with Crippen LogP contribution in [0.15, 0.2) is 12.1 Å². The van der Waals surface area contributed by atoms with Gasteiger partial charge in [-0.2, -0.15) is 0 Å². The van der Waals surface area contributed by atoms with Crippen LogP contribution in [0.4, 0.5) is 15.8 Å². The molecule has 0 heterocycles. The molecule has 2 nitrogen and oxygen atoms in total. The van der Waals surface area contributed by atoms with Gasteiger partial charge in [-0.15, -0.1) is 0 Å². The van der Waals surface area contributed by atoms with Gasteiger partial charge in [0, 0.05) is 18.7 Å². The van der Waals surface area contributed by atoms with Crippen molar-refractivity contribution in [3.63, 3.8) is 0 Å². The third kappa shape index (κ3) is 4.23. The Morgan fingerprint density at radius 3 is 2.32 bits per heavy atom. The van der Waals surface area contributed by atoms with Crippen LogP contribution in [0.25, 0.3) is 0 Å². The van der Waals surface area contributed by atoms with Gasteiger partial charge in [0.25, 0.3) is 0 Å². The molecule has 1 rings (SSSR count). The fourth-order valence-corrected chi connectivity index (χ4v) is 2.86. The Kier molecular flexibility index (Phi) is 6.36. The zero-order valence-corrected chi connectivity index (χ0v) is 14.4. The van der Waals surface area contributed by atoms with E-state index < -0.39 is 0 Å². The molecule has 1 aromatic rings. The van der Waals surface area contributed by atoms with E-state index in [1.807, 2.05) is 22.6 Å². The van der Waals surface area contributed by atoms with Gasteiger partial charge < -0.3 is 10.6 Å². The van der Waals surface area contributed by atoms with Gasteiger partial charge in [-0.25, -0.2) is 4.39 Å². The van der Waals surface area contributed by atoms with Crippen LogP contribution in [-0.4, -0.2) is 12.6 Å². The molecule has 0 unspecified atom stereocenters. The van der Waals surface area contributed by atoms with Crippen LogP contribution in [0.2, 0.25) is 0 Å². The lowest BCUT2D eigenvalue weighted by atomic mass is 10.1. The molecule has 0 saturated carbocycles. The van der Waals surface area contributed by atoms with Crippen molar-refractivity contribution >= 4 is 34.0 Å². The molecule has 0 radical (unpaired) electrons. The van der Waals surface area contributed by atoms with Crippen molar-refractivity contribution in [2.24, 2.45) is 5.92 Å². The highest BCUT2D eigenvalue weighted by Crippen LogP contribution is 2.31. The number of hydrogen-bond acceptors (Lipinski definition) is 2. The molecule has 0 aliphatic heterocycles. The largest absolute Gasteiger partial charge is 0.397 e. The van der Waals surface area contributed by atoms with E-state index in [2.05, 4.69) is 32.6 Å². The van der Waals surface area contributed by atoms with E-state index in [0.29, 0.717) is 21.2 Å². The first kappa shape index (κ1) is 16.5. The van der Waals surface area contributed by atoms with Gasteiger partial charge in [-0.05, 0) is 47.4 Å². The fraction of sp³-hybridized carbons (Fsp3) is 0.600. The van der Waals surface area contributed by atoms with E-state index in [4.69, 9.17) is 5.73 Å². The number of benzene rings is 1. The second kappa shape index (κ2) is 7.31. The Hall–Kier alpha value is -0.520. The lowest BCUT2D eigenvalue weighted by Crippen LogP contribution is -2.38. The summed E-state index contributed by atoms with van der Waals surface area (Å²) in [6, 6.07) is 3.71. The van der Waals surface area contributed by atoms with Gasteiger partial charge in [-0.3, -0.25) is 0 Å². The Morgan fingerprint density at radius 1 is 1.26 bits per heavy atom. The second-order valence-corrected chi connectivity index (χ2v) is 6.50. The minimum Gasteiger partial charge on any atom is -0.397 e. The summed E-state index contributed by atoms with van der Waals surface area (Å²) in [5.41, 5.74) is 7.60. The molecule has 19 heavy (non-hydrogen) atoms. The second-order valence-electron chi connectivity index (χ2n) is 5.34. The minimum absolute atomic E-state index is 0.190. The summed E-state index contributed by atoms with van der Waals surface area (Å²) in [5, 5.41) is 0. The highest BCUT2D eigenvalue weighted by Gasteiger charge is 2.20. The number of nitrogen functional groups attached to an aromatic ring is 1. The standard InChI is InChI=1S/C15H24FIN2/c1-5-11(6-2)19(9-10(3)4)15-7-12(16)13(17)8-14(15)18/h7-8,10-11H,5-6,9,18H2,1-4H3. The molecule has 0 atom stereocenters. The highest BCUT2D eigenvalue weighted by molar-refractivity contribution is 14.1. The zero-order chi connectivity index (χ0) is 14.6. The third-order valence-electron chi connectivity index (χ3n) is 3.32. The van der Waals surface area contributed by atoms with Crippen molar-refractivity contribution in [3.05, 3.63) is 21.5 Å². The van der Waals surface area contributed by atoms with Crippen LogP contribution in [0.1, 0.15) is 40.5 Å². The first-order valence-electron chi connectivity index (χ1n) is 6.91. The van der Waals surface area contributed by atoms with Gasteiger partial charge in [0.15, 0.2) is 0 Å². The smallest absolute Gasteiger partial charge is 0.138 e. The molecule has 0 saturated heterocycles. The summed E-state index contributed by atoms with van der Waals surface area (Å²) < 4.78 is 14.4. The van der Waals surface area contributed by atoms with E-state index in [-0.39, 0.29) is 5.82 Å². The summed E-state index contributed by atoms with van der Waals surface area (Å²) in [6.07, 6.45) is 2.08. The maximum Gasteiger partial charge on any atom is 0.138 e. The SMILES string of the molecule is CCC(CC)N(CC(C)C)c1cc(F)c(I)cc1N.